The number of benzene rings is 1. The number of aromatic amines is 2. The van der Waals surface area contributed by atoms with Gasteiger partial charge in [-0.25, -0.2) is 4.99 Å². The first-order chi connectivity index (χ1) is 15.2. The minimum atomic E-state index is 0. The number of H-pyrrole nitrogens is 2. The number of fused-ring (bicyclic) bond motifs is 7. The fraction of sp³-hybridized carbons (Fsp3) is 0. The van der Waals surface area contributed by atoms with Crippen molar-refractivity contribution in [1.29, 1.82) is 5.41 Å². The summed E-state index contributed by atoms with van der Waals surface area (Å²) in [5.41, 5.74) is 7.64. The van der Waals surface area contributed by atoms with E-state index in [-0.39, 0.29) is 16.5 Å². The van der Waals surface area contributed by atoms with Crippen molar-refractivity contribution in [3.05, 3.63) is 118 Å². The average Bonchev–Trinajstić information content (AvgIpc) is 3.55. The second-order valence-corrected chi connectivity index (χ2v) is 7.68. The van der Waals surface area contributed by atoms with E-state index in [4.69, 9.17) is 10.4 Å². The zero-order chi connectivity index (χ0) is 20.8. The van der Waals surface area contributed by atoms with E-state index in [0.717, 1.165) is 56.0 Å². The normalized spacial score (nSPS) is 16.4. The summed E-state index contributed by atoms with van der Waals surface area (Å²) in [5.74, 6) is 0. The topological polar surface area (TPSA) is 79.8 Å². The maximum absolute atomic E-state index is 8.87. The Balaban J connectivity index is 0.00000216. The minimum absolute atomic E-state index is 0. The summed E-state index contributed by atoms with van der Waals surface area (Å²) in [4.78, 5) is 11.6. The molecular formula is C26H19N5Ni. The molecule has 0 amide bonds. The van der Waals surface area contributed by atoms with Crippen LogP contribution in [0.1, 0.15) is 17.0 Å². The Labute approximate surface area is 194 Å². The molecule has 6 heteroatoms. The van der Waals surface area contributed by atoms with Gasteiger partial charge in [0.05, 0.1) is 28.5 Å². The molecule has 0 radical (unpaired) electrons. The third-order valence-corrected chi connectivity index (χ3v) is 5.47. The SMILES string of the molecule is N=C1C2=Cc3ccc([nH]3)C=c3ccc([nH]3)=CC3=NC(=CC(=C1c1ccccc1)N2)C=C3.[Ni]. The second-order valence-electron chi connectivity index (χ2n) is 7.68. The van der Waals surface area contributed by atoms with Crippen molar-refractivity contribution < 1.29 is 16.5 Å². The summed E-state index contributed by atoms with van der Waals surface area (Å²) in [7, 11) is 0. The largest absolute Gasteiger partial charge is 0.355 e. The molecule has 2 aromatic heterocycles. The summed E-state index contributed by atoms with van der Waals surface area (Å²) in [6, 6.07) is 18.2. The summed E-state index contributed by atoms with van der Waals surface area (Å²) in [5, 5.41) is 14.3. The zero-order valence-corrected chi connectivity index (χ0v) is 17.9. The van der Waals surface area contributed by atoms with Crippen LogP contribution in [0.3, 0.4) is 0 Å². The Morgan fingerprint density at radius 1 is 0.719 bits per heavy atom. The smallest absolute Gasteiger partial charge is 0.0874 e. The molecule has 5 heterocycles. The van der Waals surface area contributed by atoms with Crippen LogP contribution >= 0.6 is 0 Å². The van der Waals surface area contributed by atoms with Crippen molar-refractivity contribution in [1.82, 2.24) is 15.3 Å². The standard InChI is InChI=1S/C26H19N5.Ni/c27-26-24-15-22-11-9-20(30-22)13-18-7-6-17(28-18)12-19-8-10-21(29-19)14-23(31-24)25(26)16-4-2-1-3-5-16;/h1-15,27-28,30-31H;. The van der Waals surface area contributed by atoms with Crippen molar-refractivity contribution in [3.63, 3.8) is 0 Å². The number of allylic oxidation sites excluding steroid dienone is 4. The molecule has 8 bridgehead atoms. The van der Waals surface area contributed by atoms with E-state index < -0.39 is 0 Å². The van der Waals surface area contributed by atoms with Gasteiger partial charge in [-0.3, -0.25) is 5.41 Å². The predicted molar refractivity (Wildman–Crippen MR) is 126 cm³/mol. The summed E-state index contributed by atoms with van der Waals surface area (Å²) < 4.78 is 0. The van der Waals surface area contributed by atoms with Gasteiger partial charge in [0.15, 0.2) is 0 Å². The van der Waals surface area contributed by atoms with Gasteiger partial charge >= 0.3 is 0 Å². The van der Waals surface area contributed by atoms with E-state index in [9.17, 15) is 0 Å². The Bertz CT molecular complexity index is 1510. The fourth-order valence-corrected chi connectivity index (χ4v) is 4.04. The molecule has 4 N–H and O–H groups in total. The van der Waals surface area contributed by atoms with Gasteiger partial charge in [0, 0.05) is 44.2 Å². The maximum atomic E-state index is 8.87. The maximum Gasteiger partial charge on any atom is 0.0874 e. The van der Waals surface area contributed by atoms with Crippen molar-refractivity contribution in [2.24, 2.45) is 4.99 Å². The van der Waals surface area contributed by atoms with Crippen LogP contribution in [0.15, 0.2) is 94.9 Å². The molecule has 158 valence electrons. The van der Waals surface area contributed by atoms with E-state index in [0.29, 0.717) is 5.71 Å². The second kappa shape index (κ2) is 7.99. The van der Waals surface area contributed by atoms with Gasteiger partial charge in [0.25, 0.3) is 0 Å². The van der Waals surface area contributed by atoms with E-state index >= 15 is 0 Å². The molecule has 3 aliphatic rings. The number of hydrogen-bond acceptors (Lipinski definition) is 3. The van der Waals surface area contributed by atoms with Crippen LogP contribution in [0.4, 0.5) is 0 Å². The molecule has 1 aromatic carbocycles. The first kappa shape index (κ1) is 20.0. The Hall–Kier alpha value is -3.89. The zero-order valence-electron chi connectivity index (χ0n) is 16.9. The first-order valence-corrected chi connectivity index (χ1v) is 10.1. The summed E-state index contributed by atoms with van der Waals surface area (Å²) in [6.07, 6.45) is 12.1. The third kappa shape index (κ3) is 3.66. The van der Waals surface area contributed by atoms with Crippen LogP contribution in [-0.2, 0) is 16.5 Å². The number of aromatic nitrogens is 2. The molecule has 0 saturated heterocycles. The number of hydrogen-bond donors (Lipinski definition) is 4. The van der Waals surface area contributed by atoms with Crippen molar-refractivity contribution in [2.45, 2.75) is 0 Å². The molecular weight excluding hydrogens is 441 g/mol. The van der Waals surface area contributed by atoms with Crippen LogP contribution in [0.2, 0.25) is 0 Å². The number of rotatable bonds is 1. The number of nitrogens with zero attached hydrogens (tertiary/aromatic N) is 1. The molecule has 0 atom stereocenters. The minimum Gasteiger partial charge on any atom is -0.355 e. The Kier molecular flexibility index (Phi) is 5.00. The van der Waals surface area contributed by atoms with E-state index in [2.05, 4.69) is 33.5 Å². The van der Waals surface area contributed by atoms with Crippen molar-refractivity contribution in [3.8, 4) is 0 Å². The quantitative estimate of drug-likeness (QED) is 0.414. The third-order valence-electron chi connectivity index (χ3n) is 5.47. The molecule has 6 rings (SSSR count). The van der Waals surface area contributed by atoms with Gasteiger partial charge in [-0.1, -0.05) is 30.3 Å². The summed E-state index contributed by atoms with van der Waals surface area (Å²) >= 11 is 0. The number of nitrogens with one attached hydrogen (secondary N) is 4. The van der Waals surface area contributed by atoms with Gasteiger partial charge in [0.1, 0.15) is 0 Å². The van der Waals surface area contributed by atoms with E-state index in [1.807, 2.05) is 72.8 Å². The Morgan fingerprint density at radius 2 is 1.47 bits per heavy atom. The van der Waals surface area contributed by atoms with Gasteiger partial charge in [-0.15, -0.1) is 0 Å². The molecule has 3 aromatic rings. The van der Waals surface area contributed by atoms with Crippen molar-refractivity contribution >= 4 is 35.2 Å². The van der Waals surface area contributed by atoms with Crippen LogP contribution in [-0.4, -0.2) is 21.4 Å². The molecule has 3 aliphatic heterocycles. The Morgan fingerprint density at radius 3 is 2.28 bits per heavy atom. The van der Waals surface area contributed by atoms with Crippen LogP contribution in [0.5, 0.6) is 0 Å². The molecule has 0 saturated carbocycles. The molecule has 0 spiro atoms. The van der Waals surface area contributed by atoms with Crippen LogP contribution in [0, 0.1) is 5.41 Å². The van der Waals surface area contributed by atoms with Crippen LogP contribution < -0.4 is 16.0 Å². The first-order valence-electron chi connectivity index (χ1n) is 10.1. The monoisotopic (exact) mass is 459 g/mol. The van der Waals surface area contributed by atoms with E-state index in [1.165, 1.54) is 0 Å². The molecule has 0 fully saturated rings. The molecule has 0 aliphatic carbocycles. The summed E-state index contributed by atoms with van der Waals surface area (Å²) in [6.45, 7) is 0. The van der Waals surface area contributed by atoms with Gasteiger partial charge in [-0.2, -0.15) is 0 Å². The van der Waals surface area contributed by atoms with Crippen LogP contribution in [0.25, 0.3) is 23.8 Å². The fourth-order valence-electron chi connectivity index (χ4n) is 4.04. The molecule has 5 nitrogen and oxygen atoms in total. The number of aliphatic imine (C=N–C) groups is 1. The van der Waals surface area contributed by atoms with Gasteiger partial charge in [0.2, 0.25) is 0 Å². The van der Waals surface area contributed by atoms with Gasteiger partial charge in [-0.05, 0) is 66.3 Å². The van der Waals surface area contributed by atoms with Crippen molar-refractivity contribution in [2.75, 3.05) is 0 Å². The van der Waals surface area contributed by atoms with Gasteiger partial charge < -0.3 is 15.3 Å². The predicted octanol–water partition coefficient (Wildman–Crippen LogP) is 3.23. The average molecular weight is 460 g/mol. The molecule has 0 unspecified atom stereocenters. The molecule has 32 heavy (non-hydrogen) atoms. The van der Waals surface area contributed by atoms with E-state index in [1.54, 1.807) is 0 Å².